The Morgan fingerprint density at radius 2 is 1.82 bits per heavy atom. The van der Waals surface area contributed by atoms with Crippen LogP contribution in [0, 0.1) is 0 Å². The first-order chi connectivity index (χ1) is 5.07. The van der Waals surface area contributed by atoms with Gasteiger partial charge in [0.1, 0.15) is 0 Å². The van der Waals surface area contributed by atoms with E-state index in [1.807, 2.05) is 0 Å². The molecule has 0 aromatic heterocycles. The number of rotatable bonds is 4. The molecule has 0 rings (SSSR count). The average molecular weight is 159 g/mol. The first-order valence-electron chi connectivity index (χ1n) is 2.89. The number of carbonyl (C=O) groups is 3. The number of hydrogen-bond donors (Lipinski definition) is 0. The van der Waals surface area contributed by atoms with Gasteiger partial charge in [-0.2, -0.15) is 0 Å². The minimum Gasteiger partial charge on any atom is -0.550 e. The van der Waals surface area contributed by atoms with E-state index >= 15 is 0 Å². The molecule has 0 aliphatic carbocycles. The molecule has 11 heavy (non-hydrogen) atoms. The monoisotopic (exact) mass is 159 g/mol. The van der Waals surface area contributed by atoms with Crippen LogP contribution in [0.3, 0.4) is 0 Å². The van der Waals surface area contributed by atoms with Crippen LogP contribution < -0.4 is 5.11 Å². The smallest absolute Gasteiger partial charge is 0.374 e. The zero-order chi connectivity index (χ0) is 8.85. The maximum atomic E-state index is 10.5. The first kappa shape index (κ1) is 9.61. The Morgan fingerprint density at radius 3 is 2.18 bits per heavy atom. The Bertz CT molecular complexity index is 183. The zero-order valence-corrected chi connectivity index (χ0v) is 5.96. The van der Waals surface area contributed by atoms with E-state index in [4.69, 9.17) is 0 Å². The highest BCUT2D eigenvalue weighted by atomic mass is 16.5. The summed E-state index contributed by atoms with van der Waals surface area (Å²) in [5.74, 6) is -3.23. The zero-order valence-electron chi connectivity index (χ0n) is 5.96. The molecule has 0 unspecified atom stereocenters. The van der Waals surface area contributed by atoms with Crippen molar-refractivity contribution in [2.45, 2.75) is 12.8 Å². The number of carboxylic acid groups (broad SMARTS) is 1. The van der Waals surface area contributed by atoms with Crippen LogP contribution in [0.2, 0.25) is 0 Å². The van der Waals surface area contributed by atoms with Crippen molar-refractivity contribution in [1.29, 1.82) is 0 Å². The molecule has 5 heteroatoms. The number of Topliss-reactive ketones (excluding diaryl/α,β-unsaturated/α-hetero) is 1. The summed E-state index contributed by atoms with van der Waals surface area (Å²) in [5, 5.41) is 9.80. The summed E-state index contributed by atoms with van der Waals surface area (Å²) in [6, 6.07) is 0. The van der Waals surface area contributed by atoms with Crippen molar-refractivity contribution in [1.82, 2.24) is 0 Å². The third kappa shape index (κ3) is 4.07. The summed E-state index contributed by atoms with van der Waals surface area (Å²) in [4.78, 5) is 30.7. The molecule has 0 radical (unpaired) electrons. The van der Waals surface area contributed by atoms with E-state index in [1.165, 1.54) is 0 Å². The fraction of sp³-hybridized carbons (Fsp3) is 0.500. The summed E-state index contributed by atoms with van der Waals surface area (Å²) in [6.07, 6.45) is -0.817. The molecule has 0 spiro atoms. The van der Waals surface area contributed by atoms with Crippen LogP contribution in [0.1, 0.15) is 12.8 Å². The maximum Gasteiger partial charge on any atom is 0.374 e. The number of ether oxygens (including phenoxy) is 1. The van der Waals surface area contributed by atoms with E-state index in [9.17, 15) is 19.5 Å². The SMILES string of the molecule is COC(=O)C(=O)CCC(=O)[O-]. The molecular weight excluding hydrogens is 152 g/mol. The highest BCUT2D eigenvalue weighted by molar-refractivity contribution is 6.33. The molecule has 0 heterocycles. The van der Waals surface area contributed by atoms with Crippen LogP contribution in [0.15, 0.2) is 0 Å². The van der Waals surface area contributed by atoms with Gasteiger partial charge in [-0.25, -0.2) is 4.79 Å². The van der Waals surface area contributed by atoms with E-state index in [-0.39, 0.29) is 6.42 Å². The topological polar surface area (TPSA) is 83.5 Å². The van der Waals surface area contributed by atoms with Gasteiger partial charge in [-0.1, -0.05) is 0 Å². The lowest BCUT2D eigenvalue weighted by Gasteiger charge is -1.98. The van der Waals surface area contributed by atoms with Gasteiger partial charge in [-0.3, -0.25) is 4.79 Å². The summed E-state index contributed by atoms with van der Waals surface area (Å²) >= 11 is 0. The van der Waals surface area contributed by atoms with Crippen molar-refractivity contribution in [3.63, 3.8) is 0 Å². The molecule has 0 fully saturated rings. The number of hydrogen-bond acceptors (Lipinski definition) is 5. The van der Waals surface area contributed by atoms with E-state index in [1.54, 1.807) is 0 Å². The van der Waals surface area contributed by atoms with Crippen LogP contribution in [0.4, 0.5) is 0 Å². The molecular formula is C6H7O5-. The second-order valence-corrected chi connectivity index (χ2v) is 1.79. The molecule has 0 aromatic carbocycles. The first-order valence-corrected chi connectivity index (χ1v) is 2.89. The van der Waals surface area contributed by atoms with Gasteiger partial charge < -0.3 is 14.6 Å². The van der Waals surface area contributed by atoms with Crippen molar-refractivity contribution >= 4 is 17.7 Å². The van der Waals surface area contributed by atoms with Crippen LogP contribution in [-0.4, -0.2) is 24.8 Å². The normalized spacial score (nSPS) is 8.82. The number of carboxylic acids is 1. The Morgan fingerprint density at radius 1 is 1.27 bits per heavy atom. The predicted molar refractivity (Wildman–Crippen MR) is 31.3 cm³/mol. The van der Waals surface area contributed by atoms with Gasteiger partial charge in [-0.15, -0.1) is 0 Å². The van der Waals surface area contributed by atoms with Gasteiger partial charge in [-0.05, 0) is 6.42 Å². The van der Waals surface area contributed by atoms with E-state index in [0.29, 0.717) is 0 Å². The Labute approximate surface area is 63.0 Å². The molecule has 0 amide bonds. The Hall–Kier alpha value is -1.39. The van der Waals surface area contributed by atoms with Gasteiger partial charge in [0.15, 0.2) is 0 Å². The number of methoxy groups -OCH3 is 1. The lowest BCUT2D eigenvalue weighted by molar-refractivity contribution is -0.305. The molecule has 0 bridgehead atoms. The standard InChI is InChI=1S/C6H8O5/c1-11-6(10)4(7)2-3-5(8)9/h2-3H2,1H3,(H,8,9)/p-1. The molecule has 5 nitrogen and oxygen atoms in total. The van der Waals surface area contributed by atoms with Crippen molar-refractivity contribution in [2.24, 2.45) is 0 Å². The molecule has 0 saturated carbocycles. The third-order valence-electron chi connectivity index (χ3n) is 0.969. The van der Waals surface area contributed by atoms with Crippen molar-refractivity contribution in [3.8, 4) is 0 Å². The molecule has 0 aromatic rings. The number of aliphatic carboxylic acids is 1. The van der Waals surface area contributed by atoms with Gasteiger partial charge in [0.2, 0.25) is 5.78 Å². The van der Waals surface area contributed by atoms with Crippen LogP contribution in [0.5, 0.6) is 0 Å². The predicted octanol–water partition coefficient (Wildman–Crippen LogP) is -1.74. The molecule has 0 saturated heterocycles. The van der Waals surface area contributed by atoms with Crippen LogP contribution >= 0.6 is 0 Å². The van der Waals surface area contributed by atoms with Crippen molar-refractivity contribution in [2.75, 3.05) is 7.11 Å². The van der Waals surface area contributed by atoms with Gasteiger partial charge in [0, 0.05) is 12.4 Å². The summed E-state index contributed by atoms with van der Waals surface area (Å²) in [6.45, 7) is 0. The molecule has 0 aliphatic rings. The van der Waals surface area contributed by atoms with Gasteiger partial charge >= 0.3 is 5.97 Å². The van der Waals surface area contributed by atoms with E-state index in [2.05, 4.69) is 4.74 Å². The van der Waals surface area contributed by atoms with E-state index in [0.717, 1.165) is 7.11 Å². The largest absolute Gasteiger partial charge is 0.550 e. The van der Waals surface area contributed by atoms with Crippen LogP contribution in [-0.2, 0) is 19.1 Å². The second kappa shape index (κ2) is 4.43. The number of esters is 1. The molecule has 0 N–H and O–H groups in total. The fourth-order valence-electron chi connectivity index (χ4n) is 0.431. The minimum absolute atomic E-state index is 0.366. The molecule has 62 valence electrons. The van der Waals surface area contributed by atoms with Crippen molar-refractivity contribution < 1.29 is 24.2 Å². The Balaban J connectivity index is 3.70. The number of ketones is 1. The van der Waals surface area contributed by atoms with Crippen LogP contribution in [0.25, 0.3) is 0 Å². The quantitative estimate of drug-likeness (QED) is 0.359. The third-order valence-corrected chi connectivity index (χ3v) is 0.969. The lowest BCUT2D eigenvalue weighted by atomic mass is 10.2. The fourth-order valence-corrected chi connectivity index (χ4v) is 0.431. The summed E-state index contributed by atoms with van der Waals surface area (Å²) < 4.78 is 4.04. The lowest BCUT2D eigenvalue weighted by Crippen LogP contribution is -2.24. The second-order valence-electron chi connectivity index (χ2n) is 1.79. The van der Waals surface area contributed by atoms with E-state index < -0.39 is 24.1 Å². The van der Waals surface area contributed by atoms with Gasteiger partial charge in [0.25, 0.3) is 0 Å². The summed E-state index contributed by atoms with van der Waals surface area (Å²) in [7, 11) is 1.05. The summed E-state index contributed by atoms with van der Waals surface area (Å²) in [5.41, 5.74) is 0. The highest BCUT2D eigenvalue weighted by Gasteiger charge is 2.12. The molecule has 0 atom stereocenters. The average Bonchev–Trinajstić information content (AvgIpc) is 1.98. The van der Waals surface area contributed by atoms with Crippen molar-refractivity contribution in [3.05, 3.63) is 0 Å². The van der Waals surface area contributed by atoms with Gasteiger partial charge in [0.05, 0.1) is 7.11 Å². The Kier molecular flexibility index (Phi) is 3.87. The maximum absolute atomic E-state index is 10.5. The molecule has 0 aliphatic heterocycles. The highest BCUT2D eigenvalue weighted by Crippen LogP contribution is 1.90. The number of carbonyl (C=O) groups excluding carboxylic acids is 3. The minimum atomic E-state index is -1.36.